The van der Waals surface area contributed by atoms with Crippen LogP contribution in [0.15, 0.2) is 48.7 Å². The number of carbonyl (C=O) groups excluding carboxylic acids is 1. The number of para-hydroxylation sites is 1. The molecule has 0 spiro atoms. The molecule has 5 nitrogen and oxygen atoms in total. The lowest BCUT2D eigenvalue weighted by Gasteiger charge is -2.13. The van der Waals surface area contributed by atoms with Gasteiger partial charge in [-0.15, -0.1) is 0 Å². The number of nitrogens with zero attached hydrogens (tertiary/aromatic N) is 1. The van der Waals surface area contributed by atoms with Crippen molar-refractivity contribution < 1.29 is 22.4 Å². The van der Waals surface area contributed by atoms with E-state index in [4.69, 9.17) is 23.1 Å². The number of rotatable bonds is 3. The third-order valence-electron chi connectivity index (χ3n) is 4.03. The van der Waals surface area contributed by atoms with Crippen LogP contribution in [0.3, 0.4) is 0 Å². The highest BCUT2D eigenvalue weighted by Gasteiger charge is 2.34. The summed E-state index contributed by atoms with van der Waals surface area (Å²) >= 11 is 6.18. The van der Waals surface area contributed by atoms with Crippen LogP contribution < -0.4 is 16.8 Å². The van der Waals surface area contributed by atoms with Crippen molar-refractivity contribution in [3.63, 3.8) is 0 Å². The molecule has 1 heterocycles. The third kappa shape index (κ3) is 4.24. The molecule has 1 amide bonds. The van der Waals surface area contributed by atoms with Gasteiger partial charge in [-0.2, -0.15) is 13.2 Å². The number of pyridine rings is 1. The maximum atomic E-state index is 14.6. The Balaban J connectivity index is 1.93. The Kier molecular flexibility index (Phi) is 5.34. The van der Waals surface area contributed by atoms with E-state index in [1.54, 1.807) is 24.3 Å². The van der Waals surface area contributed by atoms with Gasteiger partial charge in [-0.1, -0.05) is 29.8 Å². The number of anilines is 3. The van der Waals surface area contributed by atoms with Crippen molar-refractivity contribution in [2.75, 3.05) is 16.8 Å². The molecule has 0 unspecified atom stereocenters. The molecule has 29 heavy (non-hydrogen) atoms. The number of nitrogens with two attached hydrogens (primary N) is 2. The monoisotopic (exact) mass is 424 g/mol. The van der Waals surface area contributed by atoms with Gasteiger partial charge in [-0.3, -0.25) is 4.79 Å². The van der Waals surface area contributed by atoms with Crippen LogP contribution in [0.1, 0.15) is 15.9 Å². The fourth-order valence-corrected chi connectivity index (χ4v) is 2.90. The van der Waals surface area contributed by atoms with E-state index in [0.717, 1.165) is 18.3 Å². The minimum atomic E-state index is -4.76. The zero-order valence-corrected chi connectivity index (χ0v) is 15.3. The minimum absolute atomic E-state index is 0.0425. The Morgan fingerprint density at radius 1 is 1.07 bits per heavy atom. The molecule has 0 fully saturated rings. The van der Waals surface area contributed by atoms with Crippen LogP contribution in [0, 0.1) is 5.82 Å². The van der Waals surface area contributed by atoms with E-state index >= 15 is 0 Å². The van der Waals surface area contributed by atoms with Gasteiger partial charge in [0.15, 0.2) is 0 Å². The molecule has 0 aliphatic rings. The van der Waals surface area contributed by atoms with Crippen LogP contribution in [0.2, 0.25) is 5.02 Å². The number of nitrogen functional groups attached to an aromatic ring is 2. The van der Waals surface area contributed by atoms with Crippen LogP contribution in [0.5, 0.6) is 0 Å². The Labute approximate surface area is 167 Å². The largest absolute Gasteiger partial charge is 0.420 e. The van der Waals surface area contributed by atoms with Crippen molar-refractivity contribution in [1.82, 2.24) is 4.98 Å². The SMILES string of the molecule is Nc1ccccc1-c1cc(F)c(C(=O)Nc2cnc(N)c(C(F)(F)F)c2)cc1Cl. The normalized spacial score (nSPS) is 11.3. The van der Waals surface area contributed by atoms with E-state index in [1.807, 2.05) is 0 Å². The maximum Gasteiger partial charge on any atom is 0.420 e. The van der Waals surface area contributed by atoms with Gasteiger partial charge in [-0.25, -0.2) is 9.37 Å². The summed E-state index contributed by atoms with van der Waals surface area (Å²) in [6.07, 6.45) is -3.83. The average Bonchev–Trinajstić information content (AvgIpc) is 2.64. The van der Waals surface area contributed by atoms with Gasteiger partial charge in [-0.05, 0) is 24.3 Å². The topological polar surface area (TPSA) is 94.0 Å². The number of nitrogens with one attached hydrogen (secondary N) is 1. The van der Waals surface area contributed by atoms with Crippen molar-refractivity contribution in [2.24, 2.45) is 0 Å². The molecule has 0 aliphatic carbocycles. The molecule has 3 aromatic rings. The predicted molar refractivity (Wildman–Crippen MR) is 103 cm³/mol. The minimum Gasteiger partial charge on any atom is -0.398 e. The molecule has 0 bridgehead atoms. The fraction of sp³-hybridized carbons (Fsp3) is 0.0526. The molecule has 2 aromatic carbocycles. The van der Waals surface area contributed by atoms with E-state index in [0.29, 0.717) is 17.3 Å². The van der Waals surface area contributed by atoms with Crippen LogP contribution >= 0.6 is 11.6 Å². The van der Waals surface area contributed by atoms with Crippen molar-refractivity contribution >= 4 is 34.7 Å². The fourth-order valence-electron chi connectivity index (χ4n) is 2.64. The Morgan fingerprint density at radius 3 is 2.41 bits per heavy atom. The highest BCUT2D eigenvalue weighted by molar-refractivity contribution is 6.34. The van der Waals surface area contributed by atoms with E-state index in [1.165, 1.54) is 0 Å². The molecule has 0 saturated carbocycles. The second kappa shape index (κ2) is 7.59. The summed E-state index contributed by atoms with van der Waals surface area (Å²) in [6, 6.07) is 9.34. The summed E-state index contributed by atoms with van der Waals surface area (Å²) in [5.41, 5.74) is 10.2. The van der Waals surface area contributed by atoms with E-state index in [-0.39, 0.29) is 16.3 Å². The molecule has 0 radical (unpaired) electrons. The summed E-state index contributed by atoms with van der Waals surface area (Å²) in [7, 11) is 0. The molecule has 0 aliphatic heterocycles. The summed E-state index contributed by atoms with van der Waals surface area (Å²) in [4.78, 5) is 15.8. The number of alkyl halides is 3. The average molecular weight is 425 g/mol. The van der Waals surface area contributed by atoms with Gasteiger partial charge in [0.2, 0.25) is 0 Å². The number of hydrogen-bond acceptors (Lipinski definition) is 4. The van der Waals surface area contributed by atoms with Gasteiger partial charge < -0.3 is 16.8 Å². The number of amides is 1. The highest BCUT2D eigenvalue weighted by Crippen LogP contribution is 2.35. The second-order valence-corrected chi connectivity index (χ2v) is 6.42. The lowest BCUT2D eigenvalue weighted by molar-refractivity contribution is -0.137. The molecule has 10 heteroatoms. The van der Waals surface area contributed by atoms with E-state index in [9.17, 15) is 22.4 Å². The first-order valence-corrected chi connectivity index (χ1v) is 8.43. The smallest absolute Gasteiger partial charge is 0.398 e. The van der Waals surface area contributed by atoms with Gasteiger partial charge in [0, 0.05) is 21.8 Å². The first-order valence-electron chi connectivity index (χ1n) is 8.06. The van der Waals surface area contributed by atoms with E-state index < -0.39 is 34.8 Å². The van der Waals surface area contributed by atoms with E-state index in [2.05, 4.69) is 10.3 Å². The van der Waals surface area contributed by atoms with Crippen molar-refractivity contribution in [1.29, 1.82) is 0 Å². The first-order chi connectivity index (χ1) is 13.6. The van der Waals surface area contributed by atoms with Crippen molar-refractivity contribution in [3.8, 4) is 11.1 Å². The summed E-state index contributed by atoms with van der Waals surface area (Å²) < 4.78 is 53.3. The Morgan fingerprint density at radius 2 is 1.76 bits per heavy atom. The van der Waals surface area contributed by atoms with Crippen LogP contribution in [-0.2, 0) is 6.18 Å². The van der Waals surface area contributed by atoms with Crippen molar-refractivity contribution in [2.45, 2.75) is 6.18 Å². The molecule has 0 saturated heterocycles. The lowest BCUT2D eigenvalue weighted by Crippen LogP contribution is -2.16. The maximum absolute atomic E-state index is 14.6. The molecule has 3 rings (SSSR count). The Bertz CT molecular complexity index is 1100. The quantitative estimate of drug-likeness (QED) is 0.408. The Hall–Kier alpha value is -3.33. The number of benzene rings is 2. The van der Waals surface area contributed by atoms with Crippen LogP contribution in [-0.4, -0.2) is 10.9 Å². The summed E-state index contributed by atoms with van der Waals surface area (Å²) in [5, 5.41) is 2.20. The van der Waals surface area contributed by atoms with Gasteiger partial charge >= 0.3 is 6.18 Å². The van der Waals surface area contributed by atoms with Crippen molar-refractivity contribution in [3.05, 3.63) is 70.6 Å². The van der Waals surface area contributed by atoms with Crippen LogP contribution in [0.25, 0.3) is 11.1 Å². The predicted octanol–water partition coefficient (Wildman–Crippen LogP) is 4.98. The molecule has 1 aromatic heterocycles. The summed E-state index contributed by atoms with van der Waals surface area (Å²) in [5.74, 6) is -2.67. The number of carbonyl (C=O) groups is 1. The standard InChI is InChI=1S/C19H13ClF4N4O/c20-14-6-12(15(21)7-11(14)10-3-1-2-4-16(10)25)18(29)28-9-5-13(19(22,23)24)17(26)27-8-9/h1-8H,25H2,(H2,26,27)(H,28,29). The third-order valence-corrected chi connectivity index (χ3v) is 4.35. The molecular formula is C19H13ClF4N4O. The number of halogens is 5. The zero-order chi connectivity index (χ0) is 21.3. The summed E-state index contributed by atoms with van der Waals surface area (Å²) in [6.45, 7) is 0. The number of hydrogen-bond donors (Lipinski definition) is 3. The molecule has 0 atom stereocenters. The number of aromatic nitrogens is 1. The molecular weight excluding hydrogens is 412 g/mol. The van der Waals surface area contributed by atoms with Crippen LogP contribution in [0.4, 0.5) is 34.8 Å². The molecule has 150 valence electrons. The lowest BCUT2D eigenvalue weighted by atomic mass is 10.0. The second-order valence-electron chi connectivity index (χ2n) is 6.01. The van der Waals surface area contributed by atoms with Gasteiger partial charge in [0.05, 0.1) is 23.0 Å². The first kappa shape index (κ1) is 20.4. The molecule has 5 N–H and O–H groups in total. The van der Waals surface area contributed by atoms with Gasteiger partial charge in [0.25, 0.3) is 5.91 Å². The zero-order valence-electron chi connectivity index (χ0n) is 14.5. The van der Waals surface area contributed by atoms with Gasteiger partial charge in [0.1, 0.15) is 11.6 Å². The highest BCUT2D eigenvalue weighted by atomic mass is 35.5.